The maximum Gasteiger partial charge on any atom is 0.240 e. The fourth-order valence-corrected chi connectivity index (χ4v) is 2.91. The van der Waals surface area contributed by atoms with E-state index >= 15 is 0 Å². The summed E-state index contributed by atoms with van der Waals surface area (Å²) in [6, 6.07) is 6.98. The number of sulfonamides is 1. The first-order chi connectivity index (χ1) is 8.61. The average molecular weight is 272 g/mol. The molecule has 1 rings (SSSR count). The number of benzene rings is 1. The second-order valence-corrected chi connectivity index (χ2v) is 5.62. The highest BCUT2D eigenvalue weighted by Crippen LogP contribution is 2.14. The molecule has 0 heterocycles. The molecule has 1 aromatic carbocycles. The summed E-state index contributed by atoms with van der Waals surface area (Å²) in [5.41, 5.74) is 0.763. The van der Waals surface area contributed by atoms with Gasteiger partial charge >= 0.3 is 0 Å². The number of hydrogen-bond donors (Lipinski definition) is 2. The highest BCUT2D eigenvalue weighted by Gasteiger charge is 2.16. The number of ether oxygens (including phenoxy) is 1. The lowest BCUT2D eigenvalue weighted by Gasteiger charge is -2.11. The lowest BCUT2D eigenvalue weighted by molar-refractivity contribution is 0.196. The second kappa shape index (κ2) is 7.48. The summed E-state index contributed by atoms with van der Waals surface area (Å²) in [4.78, 5) is 0.330. The molecule has 0 aliphatic heterocycles. The third kappa shape index (κ3) is 4.38. The maximum absolute atomic E-state index is 12.1. The standard InChI is InChI=1S/C12H20N2O3S/c1-13-10-11-6-3-4-7-12(11)18(15,16)14-8-5-9-17-2/h3-4,6-7,13-14H,5,8-10H2,1-2H3. The molecule has 5 nitrogen and oxygen atoms in total. The zero-order valence-corrected chi connectivity index (χ0v) is 11.6. The Labute approximate surface area is 109 Å². The van der Waals surface area contributed by atoms with E-state index in [0.717, 1.165) is 5.56 Å². The molecule has 18 heavy (non-hydrogen) atoms. The van der Waals surface area contributed by atoms with Crippen molar-refractivity contribution in [2.45, 2.75) is 17.9 Å². The molecule has 0 spiro atoms. The van der Waals surface area contributed by atoms with Gasteiger partial charge in [0.05, 0.1) is 4.90 Å². The second-order valence-electron chi connectivity index (χ2n) is 3.88. The van der Waals surface area contributed by atoms with Gasteiger partial charge in [-0.1, -0.05) is 18.2 Å². The van der Waals surface area contributed by atoms with E-state index in [2.05, 4.69) is 10.0 Å². The minimum absolute atomic E-state index is 0.330. The molecule has 0 radical (unpaired) electrons. The highest BCUT2D eigenvalue weighted by molar-refractivity contribution is 7.89. The molecule has 0 bridgehead atoms. The van der Waals surface area contributed by atoms with Crippen molar-refractivity contribution in [3.8, 4) is 0 Å². The third-order valence-electron chi connectivity index (χ3n) is 2.45. The Hall–Kier alpha value is -0.950. The molecule has 0 atom stereocenters. The number of rotatable bonds is 8. The monoisotopic (exact) mass is 272 g/mol. The summed E-state index contributed by atoms with van der Waals surface area (Å²) in [7, 11) is -0.0581. The Morgan fingerprint density at radius 2 is 2.00 bits per heavy atom. The van der Waals surface area contributed by atoms with Crippen molar-refractivity contribution < 1.29 is 13.2 Å². The van der Waals surface area contributed by atoms with Gasteiger partial charge in [-0.25, -0.2) is 13.1 Å². The SMILES string of the molecule is CNCc1ccccc1S(=O)(=O)NCCCOC. The summed E-state index contributed by atoms with van der Waals surface area (Å²) in [6.07, 6.45) is 0.657. The molecule has 0 aromatic heterocycles. The van der Waals surface area contributed by atoms with E-state index in [9.17, 15) is 8.42 Å². The fraction of sp³-hybridized carbons (Fsp3) is 0.500. The van der Waals surface area contributed by atoms with Gasteiger partial charge in [0.25, 0.3) is 0 Å². The predicted octanol–water partition coefficient (Wildman–Crippen LogP) is 0.721. The molecule has 0 saturated carbocycles. The number of hydrogen-bond acceptors (Lipinski definition) is 4. The fourth-order valence-electron chi connectivity index (χ4n) is 1.60. The van der Waals surface area contributed by atoms with Crippen molar-refractivity contribution in [2.24, 2.45) is 0 Å². The normalized spacial score (nSPS) is 11.7. The van der Waals surface area contributed by atoms with E-state index < -0.39 is 10.0 Å². The molecule has 6 heteroatoms. The van der Waals surface area contributed by atoms with Crippen LogP contribution >= 0.6 is 0 Å². The van der Waals surface area contributed by atoms with E-state index in [1.807, 2.05) is 6.07 Å². The Kier molecular flexibility index (Phi) is 6.28. The Balaban J connectivity index is 2.77. The minimum Gasteiger partial charge on any atom is -0.385 e. The van der Waals surface area contributed by atoms with Crippen LogP contribution in [0.2, 0.25) is 0 Å². The van der Waals surface area contributed by atoms with Crippen LogP contribution in [-0.4, -0.2) is 35.7 Å². The van der Waals surface area contributed by atoms with Crippen LogP contribution < -0.4 is 10.0 Å². The summed E-state index contributed by atoms with van der Waals surface area (Å²) in [5.74, 6) is 0. The van der Waals surface area contributed by atoms with Crippen LogP contribution in [0.3, 0.4) is 0 Å². The number of nitrogens with one attached hydrogen (secondary N) is 2. The van der Waals surface area contributed by atoms with Crippen molar-refractivity contribution in [1.29, 1.82) is 0 Å². The van der Waals surface area contributed by atoms with E-state index in [-0.39, 0.29) is 0 Å². The van der Waals surface area contributed by atoms with Gasteiger partial charge < -0.3 is 10.1 Å². The number of methoxy groups -OCH3 is 1. The van der Waals surface area contributed by atoms with Crippen LogP contribution in [0.4, 0.5) is 0 Å². The van der Waals surface area contributed by atoms with Crippen molar-refractivity contribution >= 4 is 10.0 Å². The first-order valence-corrected chi connectivity index (χ1v) is 7.31. The molecule has 0 aliphatic carbocycles. The van der Waals surface area contributed by atoms with Crippen molar-refractivity contribution in [1.82, 2.24) is 10.0 Å². The van der Waals surface area contributed by atoms with Crippen LogP contribution in [0.15, 0.2) is 29.2 Å². The van der Waals surface area contributed by atoms with Crippen LogP contribution in [-0.2, 0) is 21.3 Å². The van der Waals surface area contributed by atoms with Crippen LogP contribution in [0, 0.1) is 0 Å². The molecular formula is C12H20N2O3S. The van der Waals surface area contributed by atoms with Gasteiger partial charge in [0.2, 0.25) is 10.0 Å². The molecule has 0 unspecified atom stereocenters. The van der Waals surface area contributed by atoms with Crippen LogP contribution in [0.25, 0.3) is 0 Å². The minimum atomic E-state index is -3.44. The smallest absolute Gasteiger partial charge is 0.240 e. The van der Waals surface area contributed by atoms with E-state index in [0.29, 0.717) is 31.0 Å². The van der Waals surface area contributed by atoms with Gasteiger partial charge in [-0.3, -0.25) is 0 Å². The van der Waals surface area contributed by atoms with Crippen molar-refractivity contribution in [2.75, 3.05) is 27.3 Å². The molecule has 0 amide bonds. The molecule has 2 N–H and O–H groups in total. The Morgan fingerprint density at radius 1 is 1.28 bits per heavy atom. The lowest BCUT2D eigenvalue weighted by Crippen LogP contribution is -2.27. The first kappa shape index (κ1) is 15.1. The average Bonchev–Trinajstić information content (AvgIpc) is 2.36. The van der Waals surface area contributed by atoms with Crippen LogP contribution in [0.5, 0.6) is 0 Å². The Bertz CT molecular complexity index is 460. The van der Waals surface area contributed by atoms with Gasteiger partial charge in [0.15, 0.2) is 0 Å². The molecule has 0 aliphatic rings. The summed E-state index contributed by atoms with van der Waals surface area (Å²) < 4.78 is 31.7. The lowest BCUT2D eigenvalue weighted by atomic mass is 10.2. The van der Waals surface area contributed by atoms with E-state index in [1.54, 1.807) is 32.4 Å². The van der Waals surface area contributed by atoms with Gasteiger partial charge in [-0.15, -0.1) is 0 Å². The van der Waals surface area contributed by atoms with Gasteiger partial charge in [0, 0.05) is 26.8 Å². The van der Waals surface area contributed by atoms with Gasteiger partial charge in [-0.2, -0.15) is 0 Å². The molecular weight excluding hydrogens is 252 g/mol. The quantitative estimate of drug-likeness (QED) is 0.684. The maximum atomic E-state index is 12.1. The molecule has 0 fully saturated rings. The zero-order chi connectivity index (χ0) is 13.4. The van der Waals surface area contributed by atoms with Gasteiger partial charge in [0.1, 0.15) is 0 Å². The summed E-state index contributed by atoms with van der Waals surface area (Å²) >= 11 is 0. The predicted molar refractivity (Wildman–Crippen MR) is 70.9 cm³/mol. The molecule has 1 aromatic rings. The largest absolute Gasteiger partial charge is 0.385 e. The van der Waals surface area contributed by atoms with E-state index in [4.69, 9.17) is 4.74 Å². The topological polar surface area (TPSA) is 67.4 Å². The van der Waals surface area contributed by atoms with E-state index in [1.165, 1.54) is 0 Å². The zero-order valence-electron chi connectivity index (χ0n) is 10.8. The molecule has 102 valence electrons. The van der Waals surface area contributed by atoms with Gasteiger partial charge in [-0.05, 0) is 25.1 Å². The highest BCUT2D eigenvalue weighted by atomic mass is 32.2. The van der Waals surface area contributed by atoms with Crippen molar-refractivity contribution in [3.63, 3.8) is 0 Å². The third-order valence-corrected chi connectivity index (χ3v) is 4.01. The first-order valence-electron chi connectivity index (χ1n) is 5.83. The summed E-state index contributed by atoms with van der Waals surface area (Å²) in [6.45, 7) is 1.44. The Morgan fingerprint density at radius 3 is 2.67 bits per heavy atom. The summed E-state index contributed by atoms with van der Waals surface area (Å²) in [5, 5.41) is 2.96. The van der Waals surface area contributed by atoms with Crippen LogP contribution in [0.1, 0.15) is 12.0 Å². The molecule has 0 saturated heterocycles. The van der Waals surface area contributed by atoms with Crippen molar-refractivity contribution in [3.05, 3.63) is 29.8 Å².